The largest absolute Gasteiger partial charge is 0.481 e. The lowest BCUT2D eigenvalue weighted by Crippen LogP contribution is -2.41. The molecule has 1 aliphatic rings. The van der Waals surface area contributed by atoms with E-state index in [9.17, 15) is 29.1 Å². The predicted molar refractivity (Wildman–Crippen MR) is 137 cm³/mol. The number of hydrogen-bond donors (Lipinski definition) is 6. The van der Waals surface area contributed by atoms with Crippen LogP contribution < -0.4 is 21.3 Å². The summed E-state index contributed by atoms with van der Waals surface area (Å²) in [6.45, 7) is 3.35. The fraction of sp³-hybridized carbons (Fsp3) is 0.400. The number of hydrogen-bond acceptors (Lipinski definition) is 8. The van der Waals surface area contributed by atoms with Crippen LogP contribution in [0.5, 0.6) is 0 Å². The van der Waals surface area contributed by atoms with Gasteiger partial charge in [0.25, 0.3) is 5.91 Å². The molecule has 2 atom stereocenters. The molecule has 2 aromatic rings. The van der Waals surface area contributed by atoms with Gasteiger partial charge in [0.1, 0.15) is 11.9 Å². The van der Waals surface area contributed by atoms with Gasteiger partial charge in [-0.05, 0) is 55.9 Å². The Morgan fingerprint density at radius 1 is 1.00 bits per heavy atom. The average Bonchev–Trinajstić information content (AvgIpc) is 2.84. The number of aromatic nitrogens is 2. The summed E-state index contributed by atoms with van der Waals surface area (Å²) >= 11 is 0. The molecule has 13 heteroatoms. The maximum absolute atomic E-state index is 12.4. The fourth-order valence-electron chi connectivity index (χ4n) is 4.11. The number of aryl methyl sites for hydroxylation is 1. The van der Waals surface area contributed by atoms with Crippen LogP contribution in [0.4, 0.5) is 17.5 Å². The lowest BCUT2D eigenvalue weighted by molar-refractivity contribution is -0.140. The zero-order valence-corrected chi connectivity index (χ0v) is 21.0. The van der Waals surface area contributed by atoms with E-state index in [1.54, 1.807) is 24.3 Å². The minimum Gasteiger partial charge on any atom is -0.481 e. The van der Waals surface area contributed by atoms with E-state index < -0.39 is 23.9 Å². The number of carboxylic acids is 2. The molecule has 13 nitrogen and oxygen atoms in total. The fourth-order valence-corrected chi connectivity index (χ4v) is 4.11. The molecule has 0 saturated heterocycles. The van der Waals surface area contributed by atoms with E-state index >= 15 is 0 Å². The molecule has 0 saturated carbocycles. The summed E-state index contributed by atoms with van der Waals surface area (Å²) in [4.78, 5) is 66.3. The number of fused-ring (bicyclic) bond motifs is 1. The highest BCUT2D eigenvalue weighted by atomic mass is 16.4. The maximum atomic E-state index is 12.4. The Bertz CT molecular complexity index is 1230. The van der Waals surface area contributed by atoms with E-state index in [0.717, 1.165) is 23.4 Å². The molecule has 0 aliphatic heterocycles. The van der Waals surface area contributed by atoms with Crippen LogP contribution in [0.15, 0.2) is 24.3 Å². The number of benzene rings is 1. The van der Waals surface area contributed by atoms with E-state index in [-0.39, 0.29) is 42.1 Å². The van der Waals surface area contributed by atoms with E-state index in [2.05, 4.69) is 31.2 Å². The third kappa shape index (κ3) is 7.98. The molecular weight excluding hydrogens is 496 g/mol. The summed E-state index contributed by atoms with van der Waals surface area (Å²) in [5.74, 6) is -2.89. The lowest BCUT2D eigenvalue weighted by Gasteiger charge is -2.26. The minimum atomic E-state index is -1.30. The van der Waals surface area contributed by atoms with Crippen molar-refractivity contribution >= 4 is 47.1 Å². The van der Waals surface area contributed by atoms with E-state index in [1.807, 2.05) is 0 Å². The van der Waals surface area contributed by atoms with Gasteiger partial charge in [0.15, 0.2) is 0 Å². The first-order chi connectivity index (χ1) is 18.0. The Balaban J connectivity index is 1.61. The number of anilines is 3. The molecule has 3 amide bonds. The predicted octanol–water partition coefficient (Wildman–Crippen LogP) is 1.66. The number of rotatable bonds is 11. The Morgan fingerprint density at radius 3 is 2.29 bits per heavy atom. The van der Waals surface area contributed by atoms with E-state index in [1.165, 1.54) is 13.8 Å². The first-order valence-corrected chi connectivity index (χ1v) is 12.1. The number of carboxylic acid groups (broad SMARTS) is 2. The lowest BCUT2D eigenvalue weighted by atomic mass is 9.86. The van der Waals surface area contributed by atoms with Crippen LogP contribution >= 0.6 is 0 Å². The first-order valence-electron chi connectivity index (χ1n) is 12.1. The molecule has 202 valence electrons. The number of carbonyl (C=O) groups excluding carboxylic acids is 3. The van der Waals surface area contributed by atoms with Gasteiger partial charge in [0, 0.05) is 43.6 Å². The Morgan fingerprint density at radius 2 is 1.68 bits per heavy atom. The molecule has 6 N–H and O–H groups in total. The molecule has 1 aromatic heterocycles. The van der Waals surface area contributed by atoms with Crippen LogP contribution in [0.1, 0.15) is 54.7 Å². The van der Waals surface area contributed by atoms with Crippen LogP contribution in [0.2, 0.25) is 0 Å². The van der Waals surface area contributed by atoms with Gasteiger partial charge < -0.3 is 26.2 Å². The highest BCUT2D eigenvalue weighted by Gasteiger charge is 2.25. The van der Waals surface area contributed by atoms with Crippen molar-refractivity contribution < 1.29 is 34.2 Å². The molecule has 1 unspecified atom stereocenters. The summed E-state index contributed by atoms with van der Waals surface area (Å²) in [6, 6.07) is 5.20. The molecule has 3 rings (SSSR count). The number of nitrogens with one attached hydrogen (secondary N) is 4. The highest BCUT2D eigenvalue weighted by molar-refractivity contribution is 5.97. The Labute approximate surface area is 218 Å². The zero-order valence-electron chi connectivity index (χ0n) is 21.0. The van der Waals surface area contributed by atoms with E-state index in [0.29, 0.717) is 25.2 Å². The Kier molecular flexibility index (Phi) is 9.30. The van der Waals surface area contributed by atoms with Crippen LogP contribution in [0, 0.1) is 5.92 Å². The van der Waals surface area contributed by atoms with Crippen molar-refractivity contribution in [1.82, 2.24) is 15.3 Å². The number of amides is 3. The summed E-state index contributed by atoms with van der Waals surface area (Å²) in [6.07, 6.45) is 1.49. The Hall–Kier alpha value is -4.55. The van der Waals surface area contributed by atoms with Crippen LogP contribution in [0.3, 0.4) is 0 Å². The van der Waals surface area contributed by atoms with Gasteiger partial charge in [-0.15, -0.1) is 0 Å². The van der Waals surface area contributed by atoms with Gasteiger partial charge in [0.2, 0.25) is 17.8 Å². The highest BCUT2D eigenvalue weighted by Crippen LogP contribution is 2.30. The van der Waals surface area contributed by atoms with Gasteiger partial charge in [-0.25, -0.2) is 9.78 Å². The van der Waals surface area contributed by atoms with Crippen molar-refractivity contribution in [2.24, 2.45) is 5.92 Å². The second-order valence-corrected chi connectivity index (χ2v) is 9.05. The van der Waals surface area contributed by atoms with Gasteiger partial charge >= 0.3 is 11.9 Å². The second kappa shape index (κ2) is 12.6. The van der Waals surface area contributed by atoms with Crippen LogP contribution in [-0.2, 0) is 32.0 Å². The van der Waals surface area contributed by atoms with Gasteiger partial charge in [-0.2, -0.15) is 4.98 Å². The van der Waals surface area contributed by atoms with Gasteiger partial charge in [-0.1, -0.05) is 0 Å². The minimum absolute atomic E-state index is 0.150. The molecule has 0 radical (unpaired) electrons. The molecule has 1 aromatic carbocycles. The SMILES string of the molecule is CC(=O)Nc1nc2c(c(NC(C)=O)n1)CC(CNc1ccc(C(=O)N[C@@H](CCC(=O)O)C(=O)O)cc1)CC2. The third-order valence-corrected chi connectivity index (χ3v) is 5.95. The summed E-state index contributed by atoms with van der Waals surface area (Å²) in [5, 5.41) is 28.9. The van der Waals surface area contributed by atoms with Crippen molar-refractivity contribution in [1.29, 1.82) is 0 Å². The standard InChI is InChI=1S/C25H30N6O7/c1-13(32)27-22-18-11-15(3-8-19(18)30-25(31-22)28-14(2)33)12-26-17-6-4-16(5-7-17)23(36)29-20(24(37)38)9-10-21(34)35/h4-7,15,20,26H,3,8-12H2,1-2H3,(H,29,36)(H,34,35)(H,37,38)(H2,27,28,30,31,32,33)/t15?,20-/m0/s1. The quantitative estimate of drug-likeness (QED) is 0.250. The van der Waals surface area contributed by atoms with Gasteiger partial charge in [0.05, 0.1) is 5.69 Å². The third-order valence-electron chi connectivity index (χ3n) is 5.95. The van der Waals surface area contributed by atoms with Crippen molar-refractivity contribution in [2.45, 2.75) is 52.0 Å². The van der Waals surface area contributed by atoms with Crippen molar-refractivity contribution in [3.8, 4) is 0 Å². The van der Waals surface area contributed by atoms with Gasteiger partial charge in [-0.3, -0.25) is 24.5 Å². The van der Waals surface area contributed by atoms with Crippen molar-refractivity contribution in [3.05, 3.63) is 41.1 Å². The number of aliphatic carboxylic acids is 2. The summed E-state index contributed by atoms with van der Waals surface area (Å²) < 4.78 is 0. The smallest absolute Gasteiger partial charge is 0.326 e. The zero-order chi connectivity index (χ0) is 27.8. The molecular formula is C25H30N6O7. The number of nitrogens with zero attached hydrogens (tertiary/aromatic N) is 2. The maximum Gasteiger partial charge on any atom is 0.326 e. The molecule has 0 bridgehead atoms. The molecule has 38 heavy (non-hydrogen) atoms. The first kappa shape index (κ1) is 28.0. The second-order valence-electron chi connectivity index (χ2n) is 9.05. The average molecular weight is 527 g/mol. The normalized spacial score (nSPS) is 14.9. The summed E-state index contributed by atoms with van der Waals surface area (Å²) in [5.41, 5.74) is 2.61. The monoisotopic (exact) mass is 526 g/mol. The molecule has 0 spiro atoms. The number of carbonyl (C=O) groups is 5. The molecule has 1 aliphatic carbocycles. The van der Waals surface area contributed by atoms with Crippen molar-refractivity contribution in [2.75, 3.05) is 22.5 Å². The van der Waals surface area contributed by atoms with Crippen LogP contribution in [-0.4, -0.2) is 62.4 Å². The molecule has 1 heterocycles. The topological polar surface area (TPSA) is 200 Å². The van der Waals surface area contributed by atoms with E-state index in [4.69, 9.17) is 5.11 Å². The van der Waals surface area contributed by atoms with Crippen LogP contribution in [0.25, 0.3) is 0 Å². The molecule has 0 fully saturated rings. The van der Waals surface area contributed by atoms with Crippen molar-refractivity contribution in [3.63, 3.8) is 0 Å². The summed E-state index contributed by atoms with van der Waals surface area (Å²) in [7, 11) is 0.